The molecular formula is C9H17NO6. The molecule has 16 heavy (non-hydrogen) atoms. The highest BCUT2D eigenvalue weighted by atomic mass is 16.4. The minimum atomic E-state index is -1.86. The van der Waals surface area contributed by atoms with Gasteiger partial charge in [0.05, 0.1) is 0 Å². The van der Waals surface area contributed by atoms with Gasteiger partial charge in [-0.1, -0.05) is 0 Å². The van der Waals surface area contributed by atoms with Crippen LogP contribution in [0.4, 0.5) is 0 Å². The quantitative estimate of drug-likeness (QED) is 0.392. The molecule has 0 saturated carbocycles. The topological polar surface area (TPSA) is 118 Å². The van der Waals surface area contributed by atoms with Crippen molar-refractivity contribution in [2.75, 3.05) is 20.2 Å². The maximum absolute atomic E-state index is 10.8. The van der Waals surface area contributed by atoms with Gasteiger partial charge in [-0.05, 0) is 0 Å². The van der Waals surface area contributed by atoms with Crippen LogP contribution in [0.3, 0.4) is 0 Å². The van der Waals surface area contributed by atoms with Gasteiger partial charge in [0.2, 0.25) is 5.91 Å². The number of aliphatic hydroxyl groups excluding tert-OH is 4. The number of aliphatic hydroxyl groups is 4. The summed E-state index contributed by atoms with van der Waals surface area (Å²) in [5.74, 6) is -1.31. The van der Waals surface area contributed by atoms with E-state index in [9.17, 15) is 24.9 Å². The molecule has 7 heteroatoms. The third-order valence-electron chi connectivity index (χ3n) is 2.20. The number of carbonyl (C=O) groups is 2. The molecule has 94 valence electrons. The van der Waals surface area contributed by atoms with Gasteiger partial charge in [0.25, 0.3) is 0 Å². The number of rotatable bonds is 6. The molecule has 3 atom stereocenters. The monoisotopic (exact) mass is 235 g/mol. The lowest BCUT2D eigenvalue weighted by atomic mass is 10.0. The first kappa shape index (κ1) is 15.0. The molecule has 7 nitrogen and oxygen atoms in total. The van der Waals surface area contributed by atoms with Gasteiger partial charge in [-0.25, -0.2) is 0 Å². The second-order valence-corrected chi connectivity index (χ2v) is 3.53. The van der Waals surface area contributed by atoms with Gasteiger partial charge < -0.3 is 25.3 Å². The molecule has 0 heterocycles. The maximum atomic E-state index is 10.8. The molecule has 0 saturated heterocycles. The van der Waals surface area contributed by atoms with Crippen LogP contribution in [-0.4, -0.2) is 75.5 Å². The van der Waals surface area contributed by atoms with E-state index in [2.05, 4.69) is 0 Å². The third kappa shape index (κ3) is 4.23. The molecule has 0 aliphatic heterocycles. The molecule has 0 aromatic carbocycles. The van der Waals surface area contributed by atoms with Crippen molar-refractivity contribution >= 4 is 11.7 Å². The molecule has 0 aromatic heterocycles. The number of carbonyl (C=O) groups excluding carboxylic acids is 2. The van der Waals surface area contributed by atoms with Crippen LogP contribution in [0.2, 0.25) is 0 Å². The van der Waals surface area contributed by atoms with Crippen molar-refractivity contribution < 1.29 is 30.0 Å². The lowest BCUT2D eigenvalue weighted by Crippen LogP contribution is -2.48. The Morgan fingerprint density at radius 1 is 1.25 bits per heavy atom. The maximum Gasteiger partial charge on any atom is 0.219 e. The molecule has 0 aromatic rings. The van der Waals surface area contributed by atoms with Crippen molar-refractivity contribution in [3.05, 3.63) is 0 Å². The number of nitrogens with zero attached hydrogens (tertiary/aromatic N) is 1. The Bertz CT molecular complexity index is 256. The molecule has 0 bridgehead atoms. The normalized spacial score (nSPS) is 16.4. The summed E-state index contributed by atoms with van der Waals surface area (Å²) in [5.41, 5.74) is 0. The van der Waals surface area contributed by atoms with Crippen molar-refractivity contribution in [2.45, 2.75) is 25.2 Å². The average Bonchev–Trinajstić information content (AvgIpc) is 2.25. The highest BCUT2D eigenvalue weighted by molar-refractivity contribution is 5.84. The fraction of sp³-hybridized carbons (Fsp3) is 0.778. The Morgan fingerprint density at radius 2 is 1.75 bits per heavy atom. The van der Waals surface area contributed by atoms with Crippen molar-refractivity contribution in [1.82, 2.24) is 4.90 Å². The lowest BCUT2D eigenvalue weighted by molar-refractivity contribution is -0.143. The van der Waals surface area contributed by atoms with Crippen molar-refractivity contribution in [2.24, 2.45) is 0 Å². The highest BCUT2D eigenvalue weighted by Gasteiger charge is 2.30. The zero-order chi connectivity index (χ0) is 12.9. The molecule has 0 unspecified atom stereocenters. The minimum Gasteiger partial charge on any atom is -0.388 e. The summed E-state index contributed by atoms with van der Waals surface area (Å²) in [4.78, 5) is 22.8. The van der Waals surface area contributed by atoms with E-state index >= 15 is 0 Å². The lowest BCUT2D eigenvalue weighted by Gasteiger charge is -2.25. The Hall–Kier alpha value is -1.02. The van der Waals surface area contributed by atoms with Crippen LogP contribution in [-0.2, 0) is 9.59 Å². The number of hydrogen-bond acceptors (Lipinski definition) is 6. The van der Waals surface area contributed by atoms with Crippen LogP contribution in [0.15, 0.2) is 0 Å². The second-order valence-electron chi connectivity index (χ2n) is 3.53. The molecule has 0 radical (unpaired) electrons. The summed E-state index contributed by atoms with van der Waals surface area (Å²) >= 11 is 0. The Balaban J connectivity index is 4.32. The van der Waals surface area contributed by atoms with Gasteiger partial charge in [-0.15, -0.1) is 0 Å². The molecule has 0 fully saturated rings. The van der Waals surface area contributed by atoms with Gasteiger partial charge in [0.1, 0.15) is 24.9 Å². The molecular weight excluding hydrogens is 218 g/mol. The van der Waals surface area contributed by atoms with Gasteiger partial charge in [-0.2, -0.15) is 0 Å². The van der Waals surface area contributed by atoms with Crippen LogP contribution in [0.1, 0.15) is 6.92 Å². The SMILES string of the molecule is CC(=O)N(C)C[C@H](O)[C@@H](O)[C@H](O)C(=O)CO. The van der Waals surface area contributed by atoms with Gasteiger partial charge >= 0.3 is 0 Å². The number of hydrogen-bond donors (Lipinski definition) is 4. The number of likely N-dealkylation sites (N-methyl/N-ethyl adjacent to an activating group) is 1. The first-order valence-electron chi connectivity index (χ1n) is 4.70. The average molecular weight is 235 g/mol. The van der Waals surface area contributed by atoms with Crippen LogP contribution in [0, 0.1) is 0 Å². The van der Waals surface area contributed by atoms with Crippen molar-refractivity contribution in [1.29, 1.82) is 0 Å². The molecule has 0 aliphatic rings. The van der Waals surface area contributed by atoms with Gasteiger partial charge in [0.15, 0.2) is 5.78 Å². The van der Waals surface area contributed by atoms with Crippen LogP contribution < -0.4 is 0 Å². The van der Waals surface area contributed by atoms with E-state index in [1.807, 2.05) is 0 Å². The van der Waals surface area contributed by atoms with E-state index in [1.165, 1.54) is 14.0 Å². The molecule has 0 spiro atoms. The van der Waals surface area contributed by atoms with Crippen LogP contribution in [0.25, 0.3) is 0 Å². The Labute approximate surface area is 92.9 Å². The standard InChI is InChI=1S/C9H17NO6/c1-5(12)10(2)3-6(13)8(15)9(16)7(14)4-11/h6,8-9,11,13,15-16H,3-4H2,1-2H3/t6-,8+,9+/m0/s1. The van der Waals surface area contributed by atoms with Crippen LogP contribution in [0.5, 0.6) is 0 Å². The Morgan fingerprint density at radius 3 is 2.12 bits per heavy atom. The fourth-order valence-corrected chi connectivity index (χ4v) is 1.01. The minimum absolute atomic E-state index is 0.216. The summed E-state index contributed by atoms with van der Waals surface area (Å²) in [5, 5.41) is 36.4. The molecule has 0 aliphatic carbocycles. The van der Waals surface area contributed by atoms with Crippen molar-refractivity contribution in [3.63, 3.8) is 0 Å². The highest BCUT2D eigenvalue weighted by Crippen LogP contribution is 2.03. The van der Waals surface area contributed by atoms with Gasteiger partial charge in [0, 0.05) is 20.5 Å². The Kier molecular flexibility index (Phi) is 6.12. The zero-order valence-electron chi connectivity index (χ0n) is 9.20. The van der Waals surface area contributed by atoms with E-state index in [0.29, 0.717) is 0 Å². The van der Waals surface area contributed by atoms with E-state index in [4.69, 9.17) is 5.11 Å². The summed E-state index contributed by atoms with van der Waals surface area (Å²) in [7, 11) is 1.40. The van der Waals surface area contributed by atoms with Crippen LogP contribution >= 0.6 is 0 Å². The summed E-state index contributed by atoms with van der Waals surface area (Å²) in [6.07, 6.45) is -5.05. The summed E-state index contributed by atoms with van der Waals surface area (Å²) < 4.78 is 0. The van der Waals surface area contributed by atoms with E-state index in [-0.39, 0.29) is 12.5 Å². The zero-order valence-corrected chi connectivity index (χ0v) is 9.20. The molecule has 1 amide bonds. The number of amides is 1. The predicted octanol–water partition coefficient (Wildman–Crippen LogP) is -2.89. The fourth-order valence-electron chi connectivity index (χ4n) is 1.01. The van der Waals surface area contributed by atoms with E-state index < -0.39 is 30.7 Å². The summed E-state index contributed by atoms with van der Waals surface area (Å²) in [6.45, 7) is 0.133. The van der Waals surface area contributed by atoms with Crippen molar-refractivity contribution in [3.8, 4) is 0 Å². The first-order chi connectivity index (χ1) is 7.31. The second kappa shape index (κ2) is 6.54. The summed E-state index contributed by atoms with van der Waals surface area (Å²) in [6, 6.07) is 0. The smallest absolute Gasteiger partial charge is 0.219 e. The number of ketones is 1. The third-order valence-corrected chi connectivity index (χ3v) is 2.20. The van der Waals surface area contributed by atoms with Gasteiger partial charge in [-0.3, -0.25) is 9.59 Å². The largest absolute Gasteiger partial charge is 0.388 e. The molecule has 4 N–H and O–H groups in total. The number of Topliss-reactive ketones (excluding diaryl/α,β-unsaturated/α-hetero) is 1. The predicted molar refractivity (Wildman–Crippen MR) is 53.4 cm³/mol. The molecule has 0 rings (SSSR count). The van der Waals surface area contributed by atoms with E-state index in [1.54, 1.807) is 0 Å². The van der Waals surface area contributed by atoms with E-state index in [0.717, 1.165) is 4.90 Å². The first-order valence-corrected chi connectivity index (χ1v) is 4.70.